The maximum Gasteiger partial charge on any atom is 0.326 e. The number of hydrogen-bond donors (Lipinski definition) is 0. The van der Waals surface area contributed by atoms with Gasteiger partial charge in [0, 0.05) is 0 Å². The highest BCUT2D eigenvalue weighted by Gasteiger charge is 2.18. The van der Waals surface area contributed by atoms with Crippen LogP contribution in [-0.4, -0.2) is 29.7 Å². The topological polar surface area (TPSA) is 69.9 Å². The summed E-state index contributed by atoms with van der Waals surface area (Å²) >= 11 is 14.4. The van der Waals surface area contributed by atoms with Crippen molar-refractivity contribution in [2.24, 2.45) is 4.99 Å². The maximum atomic E-state index is 12.6. The summed E-state index contributed by atoms with van der Waals surface area (Å²) in [4.78, 5) is 29.3. The van der Waals surface area contributed by atoms with Crippen LogP contribution in [0.25, 0.3) is 10.2 Å². The number of amides is 1. The molecule has 10 heteroatoms. The zero-order chi connectivity index (χ0) is 20.3. The smallest absolute Gasteiger partial charge is 0.326 e. The number of thiophene rings is 1. The number of hydrogen-bond acceptors (Lipinski definition) is 6. The number of benzene rings is 1. The molecular formula is C18H16Cl2N2O4S2. The number of para-hydroxylation sites is 1. The Morgan fingerprint density at radius 3 is 2.61 bits per heavy atom. The molecule has 0 radical (unpaired) electrons. The molecule has 148 valence electrons. The van der Waals surface area contributed by atoms with E-state index in [0.717, 1.165) is 16.0 Å². The minimum absolute atomic E-state index is 0.0951. The van der Waals surface area contributed by atoms with Crippen LogP contribution in [0.2, 0.25) is 8.67 Å². The van der Waals surface area contributed by atoms with E-state index in [-0.39, 0.29) is 23.1 Å². The van der Waals surface area contributed by atoms with E-state index in [1.165, 1.54) is 17.4 Å². The van der Waals surface area contributed by atoms with Crippen LogP contribution in [0, 0.1) is 0 Å². The van der Waals surface area contributed by atoms with Crippen molar-refractivity contribution in [1.82, 2.24) is 4.57 Å². The summed E-state index contributed by atoms with van der Waals surface area (Å²) in [7, 11) is 0. The van der Waals surface area contributed by atoms with E-state index in [0.29, 0.717) is 27.0 Å². The van der Waals surface area contributed by atoms with Crippen LogP contribution in [0.4, 0.5) is 0 Å². The number of carbonyl (C=O) groups is 2. The van der Waals surface area contributed by atoms with E-state index >= 15 is 0 Å². The van der Waals surface area contributed by atoms with Gasteiger partial charge in [-0.3, -0.25) is 9.59 Å². The summed E-state index contributed by atoms with van der Waals surface area (Å²) in [5, 5.41) is 0. The average molecular weight is 459 g/mol. The first-order valence-corrected chi connectivity index (χ1v) is 10.8. The lowest BCUT2D eigenvalue weighted by Crippen LogP contribution is -2.23. The molecule has 0 N–H and O–H groups in total. The van der Waals surface area contributed by atoms with Gasteiger partial charge in [0.15, 0.2) is 4.80 Å². The molecule has 2 aromatic heterocycles. The first-order valence-electron chi connectivity index (χ1n) is 8.39. The van der Waals surface area contributed by atoms with Crippen molar-refractivity contribution in [3.63, 3.8) is 0 Å². The zero-order valence-electron chi connectivity index (χ0n) is 15.0. The maximum absolute atomic E-state index is 12.6. The van der Waals surface area contributed by atoms with E-state index in [2.05, 4.69) is 4.99 Å². The van der Waals surface area contributed by atoms with E-state index in [4.69, 9.17) is 32.7 Å². The average Bonchev–Trinajstić information content (AvgIpc) is 3.15. The molecule has 2 heterocycles. The van der Waals surface area contributed by atoms with Gasteiger partial charge in [-0.25, -0.2) is 0 Å². The highest BCUT2D eigenvalue weighted by atomic mass is 35.5. The molecule has 0 saturated heterocycles. The van der Waals surface area contributed by atoms with E-state index < -0.39 is 11.9 Å². The van der Waals surface area contributed by atoms with Gasteiger partial charge in [0.2, 0.25) is 0 Å². The molecule has 0 unspecified atom stereocenters. The number of thiazole rings is 1. The third-order valence-corrected chi connectivity index (χ3v) is 6.17. The Kier molecular flexibility index (Phi) is 6.77. The molecule has 1 aromatic carbocycles. The van der Waals surface area contributed by atoms with Crippen LogP contribution in [0.1, 0.15) is 24.2 Å². The minimum atomic E-state index is -0.532. The van der Waals surface area contributed by atoms with Crippen LogP contribution >= 0.6 is 45.9 Å². The number of aromatic nitrogens is 1. The number of nitrogens with zero attached hydrogens (tertiary/aromatic N) is 2. The molecule has 0 aliphatic rings. The Hall–Kier alpha value is -1.87. The summed E-state index contributed by atoms with van der Waals surface area (Å²) in [5.74, 6) is -0.361. The second kappa shape index (κ2) is 9.09. The fraction of sp³-hybridized carbons (Fsp3) is 0.278. The summed E-state index contributed by atoms with van der Waals surface area (Å²) in [6.07, 6.45) is 0. The quantitative estimate of drug-likeness (QED) is 0.498. The fourth-order valence-electron chi connectivity index (χ4n) is 2.57. The van der Waals surface area contributed by atoms with Crippen molar-refractivity contribution < 1.29 is 19.1 Å². The van der Waals surface area contributed by atoms with Crippen molar-refractivity contribution in [1.29, 1.82) is 0 Å². The number of fused-ring (bicyclic) bond motifs is 1. The molecule has 0 spiro atoms. The van der Waals surface area contributed by atoms with Crippen molar-refractivity contribution in [2.75, 3.05) is 13.2 Å². The largest absolute Gasteiger partial charge is 0.492 e. The Labute approximate surface area is 178 Å². The van der Waals surface area contributed by atoms with E-state index in [1.54, 1.807) is 17.6 Å². The van der Waals surface area contributed by atoms with Crippen LogP contribution < -0.4 is 9.54 Å². The molecule has 6 nitrogen and oxygen atoms in total. The van der Waals surface area contributed by atoms with Gasteiger partial charge in [-0.15, -0.1) is 11.3 Å². The predicted molar refractivity (Wildman–Crippen MR) is 112 cm³/mol. The highest BCUT2D eigenvalue weighted by Crippen LogP contribution is 2.32. The molecule has 3 rings (SSSR count). The Balaban J connectivity index is 2.17. The Morgan fingerprint density at radius 1 is 1.18 bits per heavy atom. The lowest BCUT2D eigenvalue weighted by molar-refractivity contribution is -0.143. The van der Waals surface area contributed by atoms with Gasteiger partial charge in [0.25, 0.3) is 5.91 Å². The SMILES string of the molecule is CCOC(=O)Cn1c(=NC(=O)c2cc(Cl)sc2Cl)sc2cccc(OCC)c21. The van der Waals surface area contributed by atoms with Crippen LogP contribution in [0.3, 0.4) is 0 Å². The van der Waals surface area contributed by atoms with Crippen molar-refractivity contribution in [2.45, 2.75) is 20.4 Å². The monoisotopic (exact) mass is 458 g/mol. The van der Waals surface area contributed by atoms with Gasteiger partial charge in [0.1, 0.15) is 22.1 Å². The first kappa shape index (κ1) is 20.9. The summed E-state index contributed by atoms with van der Waals surface area (Å²) in [6.45, 7) is 4.23. The lowest BCUT2D eigenvalue weighted by Gasteiger charge is -2.09. The molecule has 1 amide bonds. The first-order chi connectivity index (χ1) is 13.4. The van der Waals surface area contributed by atoms with Gasteiger partial charge < -0.3 is 14.0 Å². The zero-order valence-corrected chi connectivity index (χ0v) is 18.2. The van der Waals surface area contributed by atoms with Crippen molar-refractivity contribution in [3.05, 3.63) is 43.3 Å². The molecular weight excluding hydrogens is 443 g/mol. The van der Waals surface area contributed by atoms with Crippen LogP contribution in [0.15, 0.2) is 29.3 Å². The number of rotatable bonds is 6. The summed E-state index contributed by atoms with van der Waals surface area (Å²) < 4.78 is 13.9. The molecule has 0 aliphatic carbocycles. The second-order valence-electron chi connectivity index (χ2n) is 5.47. The molecule has 0 aliphatic heterocycles. The second-order valence-corrected chi connectivity index (χ2v) is 8.76. The Bertz CT molecular complexity index is 1100. The van der Waals surface area contributed by atoms with Crippen LogP contribution in [-0.2, 0) is 16.1 Å². The van der Waals surface area contributed by atoms with E-state index in [9.17, 15) is 9.59 Å². The third-order valence-electron chi connectivity index (χ3n) is 3.64. The van der Waals surface area contributed by atoms with Gasteiger partial charge in [-0.05, 0) is 32.0 Å². The van der Waals surface area contributed by atoms with Gasteiger partial charge in [-0.1, -0.05) is 40.6 Å². The Morgan fingerprint density at radius 2 is 1.96 bits per heavy atom. The molecule has 3 aromatic rings. The minimum Gasteiger partial charge on any atom is -0.492 e. The number of halogens is 2. The van der Waals surface area contributed by atoms with E-state index in [1.807, 2.05) is 19.1 Å². The molecule has 0 atom stereocenters. The van der Waals surface area contributed by atoms with Crippen molar-refractivity contribution >= 4 is 68.0 Å². The molecule has 0 saturated carbocycles. The van der Waals surface area contributed by atoms with Gasteiger partial charge >= 0.3 is 5.97 Å². The number of carbonyl (C=O) groups excluding carboxylic acids is 2. The highest BCUT2D eigenvalue weighted by molar-refractivity contribution is 7.20. The van der Waals surface area contributed by atoms with Gasteiger partial charge in [0.05, 0.1) is 27.8 Å². The third kappa shape index (κ3) is 4.41. The summed E-state index contributed by atoms with van der Waals surface area (Å²) in [6, 6.07) is 7.01. The molecule has 28 heavy (non-hydrogen) atoms. The van der Waals surface area contributed by atoms with Crippen molar-refractivity contribution in [3.8, 4) is 5.75 Å². The van der Waals surface area contributed by atoms with Crippen LogP contribution in [0.5, 0.6) is 5.75 Å². The predicted octanol–water partition coefficient (Wildman–Crippen LogP) is 4.77. The molecule has 0 fully saturated rings. The standard InChI is InChI=1S/C18H16Cl2N2O4S2/c1-3-25-11-6-5-7-12-15(11)22(9-14(23)26-4-2)18(27-12)21-17(24)10-8-13(19)28-16(10)20/h5-8H,3-4,9H2,1-2H3. The normalized spacial score (nSPS) is 11.8. The molecule has 0 bridgehead atoms. The number of esters is 1. The van der Waals surface area contributed by atoms with Gasteiger partial charge in [-0.2, -0.15) is 4.99 Å². The lowest BCUT2D eigenvalue weighted by atomic mass is 10.3. The fourth-order valence-corrected chi connectivity index (χ4v) is 5.06. The number of ether oxygens (including phenoxy) is 2. The summed E-state index contributed by atoms with van der Waals surface area (Å²) in [5.41, 5.74) is 0.908.